The number of anilines is 1. The van der Waals surface area contributed by atoms with Crippen LogP contribution in [0.1, 0.15) is 50.9 Å². The molecule has 1 atom stereocenters. The summed E-state index contributed by atoms with van der Waals surface area (Å²) in [6.45, 7) is 6.44. The van der Waals surface area contributed by atoms with E-state index in [0.717, 1.165) is 36.3 Å². The Kier molecular flexibility index (Phi) is 4.70. The standard InChI is InChI=1S/C19H26N4O2/c1-19(2,3)23-17-7-5-6-16(15(17)12-20-23)22-18(24)21-13-8-10-14(25-4)11-9-13/h8-12,16H,5-7H2,1-4H3,(H2,21,22,24)/t16-/m0/s1. The van der Waals surface area contributed by atoms with Crippen LogP contribution in [-0.2, 0) is 12.0 Å². The molecule has 2 amide bonds. The van der Waals surface area contributed by atoms with Crippen LogP contribution in [-0.4, -0.2) is 22.9 Å². The molecular weight excluding hydrogens is 316 g/mol. The number of hydrogen-bond donors (Lipinski definition) is 2. The summed E-state index contributed by atoms with van der Waals surface area (Å²) in [6, 6.07) is 7.08. The van der Waals surface area contributed by atoms with E-state index in [0.29, 0.717) is 0 Å². The zero-order valence-corrected chi connectivity index (χ0v) is 15.3. The van der Waals surface area contributed by atoms with Crippen molar-refractivity contribution in [2.24, 2.45) is 0 Å². The van der Waals surface area contributed by atoms with E-state index in [2.05, 4.69) is 41.2 Å². The lowest BCUT2D eigenvalue weighted by atomic mass is 9.92. The van der Waals surface area contributed by atoms with Crippen LogP contribution in [0.3, 0.4) is 0 Å². The van der Waals surface area contributed by atoms with Gasteiger partial charge in [-0.25, -0.2) is 4.79 Å². The number of aromatic nitrogens is 2. The maximum atomic E-state index is 12.4. The van der Waals surface area contributed by atoms with E-state index in [-0.39, 0.29) is 17.6 Å². The second kappa shape index (κ2) is 6.78. The third-order valence-electron chi connectivity index (χ3n) is 4.47. The molecule has 2 aromatic rings. The number of carbonyl (C=O) groups excluding carboxylic acids is 1. The first kappa shape index (κ1) is 17.3. The third-order valence-corrected chi connectivity index (χ3v) is 4.47. The summed E-state index contributed by atoms with van der Waals surface area (Å²) in [5.74, 6) is 0.762. The summed E-state index contributed by atoms with van der Waals surface area (Å²) in [7, 11) is 1.62. The van der Waals surface area contributed by atoms with Crippen LogP contribution in [0.5, 0.6) is 5.75 Å². The minimum Gasteiger partial charge on any atom is -0.497 e. The number of amides is 2. The van der Waals surface area contributed by atoms with E-state index in [1.807, 2.05) is 30.5 Å². The van der Waals surface area contributed by atoms with Gasteiger partial charge in [0, 0.05) is 16.9 Å². The fourth-order valence-corrected chi connectivity index (χ4v) is 3.28. The summed E-state index contributed by atoms with van der Waals surface area (Å²) in [6.07, 6.45) is 4.88. The van der Waals surface area contributed by atoms with Crippen molar-refractivity contribution in [2.75, 3.05) is 12.4 Å². The maximum absolute atomic E-state index is 12.4. The zero-order valence-electron chi connectivity index (χ0n) is 15.3. The van der Waals surface area contributed by atoms with Gasteiger partial charge in [-0.2, -0.15) is 5.10 Å². The van der Waals surface area contributed by atoms with Crippen LogP contribution in [0.15, 0.2) is 30.5 Å². The lowest BCUT2D eigenvalue weighted by Crippen LogP contribution is -2.35. The van der Waals surface area contributed by atoms with Crippen LogP contribution in [0.25, 0.3) is 0 Å². The van der Waals surface area contributed by atoms with Crippen LogP contribution in [0, 0.1) is 0 Å². The Balaban J connectivity index is 1.69. The predicted octanol–water partition coefficient (Wildman–Crippen LogP) is 3.85. The molecule has 1 aromatic carbocycles. The van der Waals surface area contributed by atoms with Crippen molar-refractivity contribution in [1.29, 1.82) is 0 Å². The van der Waals surface area contributed by atoms with Crippen LogP contribution in [0.4, 0.5) is 10.5 Å². The smallest absolute Gasteiger partial charge is 0.319 e. The minimum absolute atomic E-state index is 0.00176. The maximum Gasteiger partial charge on any atom is 0.319 e. The molecule has 0 saturated heterocycles. The summed E-state index contributed by atoms with van der Waals surface area (Å²) in [5.41, 5.74) is 3.04. The Hall–Kier alpha value is -2.50. The van der Waals surface area contributed by atoms with Gasteiger partial charge >= 0.3 is 6.03 Å². The molecule has 0 radical (unpaired) electrons. The predicted molar refractivity (Wildman–Crippen MR) is 98.1 cm³/mol. The highest BCUT2D eigenvalue weighted by Crippen LogP contribution is 2.32. The molecule has 0 fully saturated rings. The molecule has 0 spiro atoms. The van der Waals surface area contributed by atoms with Crippen molar-refractivity contribution in [3.8, 4) is 5.75 Å². The number of fused-ring (bicyclic) bond motifs is 1. The largest absolute Gasteiger partial charge is 0.497 e. The van der Waals surface area contributed by atoms with Gasteiger partial charge in [0.1, 0.15) is 5.75 Å². The van der Waals surface area contributed by atoms with Crippen molar-refractivity contribution >= 4 is 11.7 Å². The molecule has 134 valence electrons. The average Bonchev–Trinajstić information content (AvgIpc) is 3.01. The first-order valence-electron chi connectivity index (χ1n) is 8.67. The number of urea groups is 1. The highest BCUT2D eigenvalue weighted by molar-refractivity contribution is 5.89. The van der Waals surface area contributed by atoms with E-state index >= 15 is 0 Å². The quantitative estimate of drug-likeness (QED) is 0.890. The Morgan fingerprint density at radius 1 is 1.28 bits per heavy atom. The van der Waals surface area contributed by atoms with Crippen LogP contribution in [0.2, 0.25) is 0 Å². The first-order valence-corrected chi connectivity index (χ1v) is 8.67. The van der Waals surface area contributed by atoms with Crippen molar-refractivity contribution in [2.45, 2.75) is 51.6 Å². The average molecular weight is 342 g/mol. The molecule has 0 bridgehead atoms. The second-order valence-electron chi connectivity index (χ2n) is 7.40. The van der Waals surface area contributed by atoms with Gasteiger partial charge in [-0.05, 0) is 64.3 Å². The number of hydrogen-bond acceptors (Lipinski definition) is 3. The van der Waals surface area contributed by atoms with E-state index in [1.54, 1.807) is 7.11 Å². The van der Waals surface area contributed by atoms with Gasteiger partial charge in [-0.1, -0.05) is 0 Å². The van der Waals surface area contributed by atoms with Gasteiger partial charge in [-0.15, -0.1) is 0 Å². The third kappa shape index (κ3) is 3.78. The van der Waals surface area contributed by atoms with E-state index in [1.165, 1.54) is 5.69 Å². The van der Waals surface area contributed by atoms with E-state index < -0.39 is 0 Å². The summed E-state index contributed by atoms with van der Waals surface area (Å²) in [5, 5.41) is 10.5. The van der Waals surface area contributed by atoms with Gasteiger partial charge < -0.3 is 15.4 Å². The Labute approximate surface area is 148 Å². The number of nitrogens with zero attached hydrogens (tertiary/aromatic N) is 2. The SMILES string of the molecule is COc1ccc(NC(=O)N[C@H]2CCCc3c2cnn3C(C)(C)C)cc1. The molecule has 1 aromatic heterocycles. The number of benzene rings is 1. The second-order valence-corrected chi connectivity index (χ2v) is 7.40. The van der Waals surface area contributed by atoms with Crippen LogP contribution >= 0.6 is 0 Å². The first-order chi connectivity index (χ1) is 11.9. The molecule has 0 aliphatic heterocycles. The number of nitrogens with one attached hydrogen (secondary N) is 2. The van der Waals surface area contributed by atoms with Crippen LogP contribution < -0.4 is 15.4 Å². The van der Waals surface area contributed by atoms with Gasteiger partial charge in [0.2, 0.25) is 0 Å². The van der Waals surface area contributed by atoms with Gasteiger partial charge in [-0.3, -0.25) is 4.68 Å². The molecule has 2 N–H and O–H groups in total. The van der Waals surface area contributed by atoms with Crippen molar-refractivity contribution < 1.29 is 9.53 Å². The van der Waals surface area contributed by atoms with Gasteiger partial charge in [0.05, 0.1) is 24.9 Å². The number of carbonyl (C=O) groups is 1. The summed E-state index contributed by atoms with van der Waals surface area (Å²) < 4.78 is 7.21. The van der Waals surface area contributed by atoms with Gasteiger partial charge in [0.25, 0.3) is 0 Å². The van der Waals surface area contributed by atoms with Gasteiger partial charge in [0.15, 0.2) is 0 Å². The topological polar surface area (TPSA) is 68.2 Å². The van der Waals surface area contributed by atoms with Crippen molar-refractivity contribution in [3.63, 3.8) is 0 Å². The molecule has 6 heteroatoms. The van der Waals surface area contributed by atoms with E-state index in [4.69, 9.17) is 4.74 Å². The summed E-state index contributed by atoms with van der Waals surface area (Å²) >= 11 is 0. The lowest BCUT2D eigenvalue weighted by Gasteiger charge is -2.28. The molecular formula is C19H26N4O2. The molecule has 1 heterocycles. The Morgan fingerprint density at radius 2 is 2.00 bits per heavy atom. The highest BCUT2D eigenvalue weighted by atomic mass is 16.5. The fraction of sp³-hybridized carbons (Fsp3) is 0.474. The monoisotopic (exact) mass is 342 g/mol. The molecule has 3 rings (SSSR count). The molecule has 1 aliphatic carbocycles. The summed E-state index contributed by atoms with van der Waals surface area (Å²) in [4.78, 5) is 12.4. The number of ether oxygens (including phenoxy) is 1. The molecule has 25 heavy (non-hydrogen) atoms. The highest BCUT2D eigenvalue weighted by Gasteiger charge is 2.28. The Bertz CT molecular complexity index is 744. The fourth-order valence-electron chi connectivity index (χ4n) is 3.28. The minimum atomic E-state index is -0.202. The number of rotatable bonds is 3. The molecule has 0 unspecified atom stereocenters. The van der Waals surface area contributed by atoms with E-state index in [9.17, 15) is 4.79 Å². The Morgan fingerprint density at radius 3 is 2.64 bits per heavy atom. The zero-order chi connectivity index (χ0) is 18.0. The molecule has 1 aliphatic rings. The molecule has 0 saturated carbocycles. The molecule has 6 nitrogen and oxygen atoms in total. The number of methoxy groups -OCH3 is 1. The normalized spacial score (nSPS) is 16.9. The lowest BCUT2D eigenvalue weighted by molar-refractivity contribution is 0.247. The van der Waals surface area contributed by atoms with Crippen molar-refractivity contribution in [3.05, 3.63) is 41.7 Å². The van der Waals surface area contributed by atoms with Crippen molar-refractivity contribution in [1.82, 2.24) is 15.1 Å².